The van der Waals surface area contributed by atoms with Crippen molar-refractivity contribution in [3.05, 3.63) is 68.7 Å². The van der Waals surface area contributed by atoms with Gasteiger partial charge in [-0.2, -0.15) is 0 Å². The van der Waals surface area contributed by atoms with Crippen LogP contribution < -0.4 is 25.9 Å². The molecule has 1 N–H and O–H groups in total. The summed E-state index contributed by atoms with van der Waals surface area (Å²) in [5.74, 6) is 0.835. The van der Waals surface area contributed by atoms with Crippen molar-refractivity contribution in [2.24, 2.45) is 0 Å². The van der Waals surface area contributed by atoms with Crippen molar-refractivity contribution < 1.29 is 14.3 Å². The zero-order chi connectivity index (χ0) is 21.7. The molecule has 0 spiro atoms. The van der Waals surface area contributed by atoms with Crippen molar-refractivity contribution in [2.75, 3.05) is 13.7 Å². The number of hydrogen-bond donors (Lipinski definition) is 1. The summed E-state index contributed by atoms with van der Waals surface area (Å²) in [5, 5.41) is 2.79. The van der Waals surface area contributed by atoms with Crippen LogP contribution in [0, 0.1) is 0 Å². The second-order valence-corrected chi connectivity index (χ2v) is 6.62. The van der Waals surface area contributed by atoms with Gasteiger partial charge >= 0.3 is 11.1 Å². The molecule has 8 nitrogen and oxygen atoms in total. The van der Waals surface area contributed by atoms with Gasteiger partial charge in [-0.3, -0.25) is 19.0 Å². The fourth-order valence-corrected chi connectivity index (χ4v) is 3.34. The Bertz CT molecular complexity index is 1180. The smallest absolute Gasteiger partial charge is 0.317 e. The van der Waals surface area contributed by atoms with Gasteiger partial charge in [-0.25, -0.2) is 0 Å². The number of ether oxygens (including phenoxy) is 2. The lowest BCUT2D eigenvalue weighted by Crippen LogP contribution is -2.43. The molecule has 3 rings (SSSR count). The standard InChI is InChI=1S/C22H25N3O5/c1-4-24-16-8-6-7-9-17(16)25(22(28)21(24)27)14-20(26)23-13-15-10-11-18(30-5-2)19(12-15)29-3/h6-12H,4-5,13-14H2,1-3H3,(H,23,26). The molecule has 0 unspecified atom stereocenters. The Morgan fingerprint density at radius 2 is 1.63 bits per heavy atom. The molecule has 2 aromatic carbocycles. The maximum Gasteiger partial charge on any atom is 0.317 e. The van der Waals surface area contributed by atoms with Crippen LogP contribution >= 0.6 is 0 Å². The monoisotopic (exact) mass is 411 g/mol. The second kappa shape index (κ2) is 9.30. The van der Waals surface area contributed by atoms with Crippen LogP contribution in [0.4, 0.5) is 0 Å². The van der Waals surface area contributed by atoms with E-state index in [2.05, 4.69) is 5.32 Å². The van der Waals surface area contributed by atoms with Crippen molar-refractivity contribution in [1.82, 2.24) is 14.5 Å². The van der Waals surface area contributed by atoms with E-state index in [1.165, 1.54) is 9.13 Å². The van der Waals surface area contributed by atoms with Gasteiger partial charge in [0.25, 0.3) is 0 Å². The number of hydrogen-bond acceptors (Lipinski definition) is 5. The fraction of sp³-hybridized carbons (Fsp3) is 0.318. The Kier molecular flexibility index (Phi) is 6.56. The van der Waals surface area contributed by atoms with Gasteiger partial charge in [0, 0.05) is 13.1 Å². The Labute approximate surface area is 173 Å². The van der Waals surface area contributed by atoms with E-state index in [1.54, 1.807) is 50.4 Å². The van der Waals surface area contributed by atoms with Crippen LogP contribution in [0.1, 0.15) is 19.4 Å². The zero-order valence-corrected chi connectivity index (χ0v) is 17.3. The van der Waals surface area contributed by atoms with Crippen LogP contribution in [0.5, 0.6) is 11.5 Å². The second-order valence-electron chi connectivity index (χ2n) is 6.62. The molecular formula is C22H25N3O5. The van der Waals surface area contributed by atoms with Crippen LogP contribution in [0.3, 0.4) is 0 Å². The molecule has 0 aliphatic rings. The SMILES string of the molecule is CCOc1ccc(CNC(=O)Cn2c(=O)c(=O)n(CC)c3ccccc32)cc1OC. The van der Waals surface area contributed by atoms with Crippen LogP contribution in [0.25, 0.3) is 11.0 Å². The quantitative estimate of drug-likeness (QED) is 0.572. The van der Waals surface area contributed by atoms with E-state index < -0.39 is 11.1 Å². The largest absolute Gasteiger partial charge is 0.493 e. The van der Waals surface area contributed by atoms with Crippen LogP contribution in [-0.4, -0.2) is 28.8 Å². The molecule has 0 saturated carbocycles. The molecule has 8 heteroatoms. The highest BCUT2D eigenvalue weighted by Crippen LogP contribution is 2.27. The first-order valence-electron chi connectivity index (χ1n) is 9.78. The van der Waals surface area contributed by atoms with E-state index in [-0.39, 0.29) is 19.0 Å². The first kappa shape index (κ1) is 21.2. The highest BCUT2D eigenvalue weighted by Gasteiger charge is 2.14. The molecule has 3 aromatic rings. The predicted octanol–water partition coefficient (Wildman–Crippen LogP) is 1.91. The zero-order valence-electron chi connectivity index (χ0n) is 17.3. The fourth-order valence-electron chi connectivity index (χ4n) is 3.34. The van der Waals surface area contributed by atoms with Crippen LogP contribution in [-0.2, 0) is 24.4 Å². The number of aromatic nitrogens is 2. The van der Waals surface area contributed by atoms with E-state index in [4.69, 9.17) is 9.47 Å². The van der Waals surface area contributed by atoms with E-state index >= 15 is 0 Å². The third kappa shape index (κ3) is 4.22. The molecule has 1 aromatic heterocycles. The topological polar surface area (TPSA) is 91.6 Å². The van der Waals surface area contributed by atoms with Gasteiger partial charge in [-0.15, -0.1) is 0 Å². The number of amides is 1. The summed E-state index contributed by atoms with van der Waals surface area (Å²) in [6, 6.07) is 12.5. The lowest BCUT2D eigenvalue weighted by Gasteiger charge is -2.14. The van der Waals surface area contributed by atoms with Gasteiger partial charge in [0.2, 0.25) is 5.91 Å². The predicted molar refractivity (Wildman–Crippen MR) is 114 cm³/mol. The first-order valence-corrected chi connectivity index (χ1v) is 9.78. The number of carbonyl (C=O) groups is 1. The third-order valence-electron chi connectivity index (χ3n) is 4.77. The van der Waals surface area contributed by atoms with Crippen molar-refractivity contribution in [3.63, 3.8) is 0 Å². The lowest BCUT2D eigenvalue weighted by molar-refractivity contribution is -0.121. The van der Waals surface area contributed by atoms with Gasteiger partial charge < -0.3 is 19.4 Å². The minimum atomic E-state index is -0.714. The van der Waals surface area contributed by atoms with Crippen molar-refractivity contribution in [1.29, 1.82) is 0 Å². The molecule has 158 valence electrons. The minimum Gasteiger partial charge on any atom is -0.493 e. The van der Waals surface area contributed by atoms with Crippen LogP contribution in [0.15, 0.2) is 52.1 Å². The van der Waals surface area contributed by atoms with Gasteiger partial charge in [0.1, 0.15) is 6.54 Å². The average molecular weight is 411 g/mol. The minimum absolute atomic E-state index is 0.243. The summed E-state index contributed by atoms with van der Waals surface area (Å²) in [4.78, 5) is 37.5. The molecule has 0 aliphatic heterocycles. The molecule has 0 saturated heterocycles. The van der Waals surface area contributed by atoms with E-state index in [0.29, 0.717) is 35.7 Å². The van der Waals surface area contributed by atoms with Crippen molar-refractivity contribution in [3.8, 4) is 11.5 Å². The molecule has 0 bridgehead atoms. The summed E-state index contributed by atoms with van der Waals surface area (Å²) in [7, 11) is 1.55. The Balaban J connectivity index is 1.81. The number of fused-ring (bicyclic) bond motifs is 1. The summed E-state index contributed by atoms with van der Waals surface area (Å²) in [6.45, 7) is 4.59. The Morgan fingerprint density at radius 1 is 0.967 bits per heavy atom. The number of methoxy groups -OCH3 is 1. The number of para-hydroxylation sites is 2. The Hall–Kier alpha value is -3.55. The molecular weight excluding hydrogens is 386 g/mol. The normalized spacial score (nSPS) is 10.8. The molecule has 0 atom stereocenters. The lowest BCUT2D eigenvalue weighted by atomic mass is 10.2. The molecule has 0 aliphatic carbocycles. The van der Waals surface area contributed by atoms with E-state index in [0.717, 1.165) is 5.56 Å². The number of nitrogens with one attached hydrogen (secondary N) is 1. The number of nitrogens with zero attached hydrogens (tertiary/aromatic N) is 2. The number of carbonyl (C=O) groups excluding carboxylic acids is 1. The van der Waals surface area contributed by atoms with E-state index in [1.807, 2.05) is 13.0 Å². The van der Waals surface area contributed by atoms with E-state index in [9.17, 15) is 14.4 Å². The maximum atomic E-state index is 12.6. The molecule has 1 heterocycles. The summed E-state index contributed by atoms with van der Waals surface area (Å²) >= 11 is 0. The first-order chi connectivity index (χ1) is 14.5. The summed E-state index contributed by atoms with van der Waals surface area (Å²) in [6.07, 6.45) is 0. The number of aryl methyl sites for hydroxylation is 1. The molecule has 0 radical (unpaired) electrons. The maximum absolute atomic E-state index is 12.6. The van der Waals surface area contributed by atoms with Gasteiger partial charge in [-0.05, 0) is 43.7 Å². The average Bonchev–Trinajstić information content (AvgIpc) is 2.76. The van der Waals surface area contributed by atoms with Gasteiger partial charge in [-0.1, -0.05) is 18.2 Å². The molecule has 0 fully saturated rings. The summed E-state index contributed by atoms with van der Waals surface area (Å²) < 4.78 is 13.4. The van der Waals surface area contributed by atoms with Gasteiger partial charge in [0.05, 0.1) is 24.8 Å². The number of rotatable bonds is 8. The van der Waals surface area contributed by atoms with Crippen molar-refractivity contribution in [2.45, 2.75) is 33.5 Å². The highest BCUT2D eigenvalue weighted by molar-refractivity contribution is 5.80. The third-order valence-corrected chi connectivity index (χ3v) is 4.77. The van der Waals surface area contributed by atoms with Crippen molar-refractivity contribution >= 4 is 16.9 Å². The Morgan fingerprint density at radius 3 is 2.27 bits per heavy atom. The molecule has 1 amide bonds. The highest BCUT2D eigenvalue weighted by atomic mass is 16.5. The summed E-state index contributed by atoms with van der Waals surface area (Å²) in [5.41, 5.74) is 0.631. The molecule has 30 heavy (non-hydrogen) atoms. The number of benzene rings is 2. The van der Waals surface area contributed by atoms with Crippen LogP contribution in [0.2, 0.25) is 0 Å². The van der Waals surface area contributed by atoms with Gasteiger partial charge in [0.15, 0.2) is 11.5 Å².